The maximum absolute atomic E-state index is 12.0. The Hall–Kier alpha value is -1.42. The molecule has 0 radical (unpaired) electrons. The van der Waals surface area contributed by atoms with Crippen molar-refractivity contribution in [3.63, 3.8) is 0 Å². The third-order valence-corrected chi connectivity index (χ3v) is 5.06. The largest absolute Gasteiger partial charge is 0.355 e. The van der Waals surface area contributed by atoms with Crippen LogP contribution in [0.25, 0.3) is 0 Å². The van der Waals surface area contributed by atoms with Gasteiger partial charge in [0.05, 0.1) is 11.0 Å². The quantitative estimate of drug-likeness (QED) is 0.490. The molecule has 0 aliphatic heterocycles. The van der Waals surface area contributed by atoms with Crippen molar-refractivity contribution in [3.8, 4) is 0 Å². The summed E-state index contributed by atoms with van der Waals surface area (Å²) in [6, 6.07) is 0. The third-order valence-electron chi connectivity index (χ3n) is 3.08. The summed E-state index contributed by atoms with van der Waals surface area (Å²) < 4.78 is 1.32. The van der Waals surface area contributed by atoms with E-state index in [4.69, 9.17) is 5.84 Å². The van der Waals surface area contributed by atoms with Crippen LogP contribution in [0.4, 0.5) is 0 Å². The molecular formula is C13H24N6O2S2. The highest BCUT2D eigenvalue weighted by Gasteiger charge is 2.20. The number of nitrogens with one attached hydrogen (secondary N) is 1. The van der Waals surface area contributed by atoms with Crippen LogP contribution in [0.1, 0.15) is 27.7 Å². The van der Waals surface area contributed by atoms with Gasteiger partial charge in [0.15, 0.2) is 0 Å². The summed E-state index contributed by atoms with van der Waals surface area (Å²) in [5.74, 6) is 6.16. The van der Waals surface area contributed by atoms with Gasteiger partial charge in [-0.15, -0.1) is 10.2 Å². The first kappa shape index (κ1) is 19.6. The number of amides is 2. The van der Waals surface area contributed by atoms with Gasteiger partial charge in [0.25, 0.3) is 0 Å². The summed E-state index contributed by atoms with van der Waals surface area (Å²) in [4.78, 5) is 25.5. The van der Waals surface area contributed by atoms with Crippen LogP contribution < -0.4 is 11.2 Å². The van der Waals surface area contributed by atoms with E-state index in [1.54, 1.807) is 11.8 Å². The van der Waals surface area contributed by atoms with Gasteiger partial charge in [-0.2, -0.15) is 0 Å². The number of carbonyl (C=O) groups excluding carboxylic acids is 2. The molecule has 23 heavy (non-hydrogen) atoms. The molecule has 2 amide bonds. The lowest BCUT2D eigenvalue weighted by Gasteiger charge is -2.17. The topological polar surface area (TPSA) is 106 Å². The zero-order valence-corrected chi connectivity index (χ0v) is 15.5. The standard InChI is InChI=1S/C13H24N6O2S2/c1-5-15-11(21)9(4)23-13-17-16-12(19(13)14)22-8-10(20)18(6-2)7-3/h9H,5-8,14H2,1-4H3,(H,15,21)/t9-/m1/s1. The lowest BCUT2D eigenvalue weighted by molar-refractivity contribution is -0.128. The fraction of sp³-hybridized carbons (Fsp3) is 0.692. The Morgan fingerprint density at radius 3 is 2.43 bits per heavy atom. The predicted octanol–water partition coefficient (Wildman–Crippen LogP) is 0.569. The van der Waals surface area contributed by atoms with E-state index in [1.807, 2.05) is 20.8 Å². The zero-order chi connectivity index (χ0) is 17.4. The predicted molar refractivity (Wildman–Crippen MR) is 92.8 cm³/mol. The molecule has 0 aromatic carbocycles. The van der Waals surface area contributed by atoms with E-state index in [0.717, 1.165) is 0 Å². The number of carbonyl (C=O) groups is 2. The molecule has 1 atom stereocenters. The first-order valence-electron chi connectivity index (χ1n) is 7.49. The highest BCUT2D eigenvalue weighted by atomic mass is 32.2. The second-order valence-corrected chi connectivity index (χ2v) is 6.89. The number of nitrogens with two attached hydrogens (primary N) is 1. The van der Waals surface area contributed by atoms with Crippen molar-refractivity contribution in [2.45, 2.75) is 43.3 Å². The molecule has 0 bridgehead atoms. The van der Waals surface area contributed by atoms with Crippen molar-refractivity contribution >= 4 is 35.3 Å². The van der Waals surface area contributed by atoms with Crippen molar-refractivity contribution in [2.24, 2.45) is 0 Å². The van der Waals surface area contributed by atoms with Gasteiger partial charge in [-0.1, -0.05) is 23.5 Å². The van der Waals surface area contributed by atoms with Crippen LogP contribution in [0.3, 0.4) is 0 Å². The fourth-order valence-corrected chi connectivity index (χ4v) is 3.38. The minimum Gasteiger partial charge on any atom is -0.355 e. The van der Waals surface area contributed by atoms with E-state index in [-0.39, 0.29) is 22.8 Å². The van der Waals surface area contributed by atoms with E-state index < -0.39 is 0 Å². The van der Waals surface area contributed by atoms with Crippen LogP contribution in [0.5, 0.6) is 0 Å². The minimum absolute atomic E-state index is 0.0351. The van der Waals surface area contributed by atoms with Gasteiger partial charge < -0.3 is 16.1 Å². The molecule has 0 aliphatic carbocycles. The van der Waals surface area contributed by atoms with E-state index in [0.29, 0.717) is 29.9 Å². The third kappa shape index (κ3) is 5.61. The Labute approximate surface area is 144 Å². The fourth-order valence-electron chi connectivity index (χ4n) is 1.77. The van der Waals surface area contributed by atoms with E-state index in [2.05, 4.69) is 15.5 Å². The summed E-state index contributed by atoms with van der Waals surface area (Å²) in [5.41, 5.74) is 0. The van der Waals surface area contributed by atoms with Gasteiger partial charge in [-0.25, -0.2) is 4.68 Å². The molecule has 8 nitrogen and oxygen atoms in total. The lowest BCUT2D eigenvalue weighted by atomic mass is 10.4. The average molecular weight is 361 g/mol. The molecule has 0 fully saturated rings. The van der Waals surface area contributed by atoms with E-state index in [1.165, 1.54) is 28.2 Å². The van der Waals surface area contributed by atoms with Crippen molar-refractivity contribution in [1.29, 1.82) is 0 Å². The molecule has 0 saturated heterocycles. The first-order valence-corrected chi connectivity index (χ1v) is 9.36. The summed E-state index contributed by atoms with van der Waals surface area (Å²) in [6.45, 7) is 9.45. The Morgan fingerprint density at radius 2 is 1.87 bits per heavy atom. The summed E-state index contributed by atoms with van der Waals surface area (Å²) >= 11 is 2.47. The van der Waals surface area contributed by atoms with Crippen molar-refractivity contribution in [3.05, 3.63) is 0 Å². The van der Waals surface area contributed by atoms with Gasteiger partial charge in [-0.05, 0) is 27.7 Å². The number of nitrogens with zero attached hydrogens (tertiary/aromatic N) is 4. The van der Waals surface area contributed by atoms with Crippen LogP contribution in [0.15, 0.2) is 10.3 Å². The van der Waals surface area contributed by atoms with Crippen molar-refractivity contribution in [2.75, 3.05) is 31.2 Å². The molecule has 130 valence electrons. The summed E-state index contributed by atoms with van der Waals surface area (Å²) in [6.07, 6.45) is 0. The number of aromatic nitrogens is 3. The minimum atomic E-state index is -0.323. The Kier molecular flexibility index (Phi) is 8.24. The molecule has 0 spiro atoms. The molecule has 0 saturated carbocycles. The van der Waals surface area contributed by atoms with Crippen LogP contribution in [-0.4, -0.2) is 62.2 Å². The van der Waals surface area contributed by atoms with Crippen molar-refractivity contribution in [1.82, 2.24) is 25.1 Å². The molecule has 0 aliphatic rings. The number of rotatable bonds is 9. The monoisotopic (exact) mass is 360 g/mol. The lowest BCUT2D eigenvalue weighted by Crippen LogP contribution is -2.32. The van der Waals surface area contributed by atoms with E-state index >= 15 is 0 Å². The average Bonchev–Trinajstić information content (AvgIpc) is 2.87. The zero-order valence-electron chi connectivity index (χ0n) is 13.9. The molecular weight excluding hydrogens is 336 g/mol. The van der Waals surface area contributed by atoms with Crippen LogP contribution in [0.2, 0.25) is 0 Å². The number of thioether (sulfide) groups is 2. The molecule has 1 aromatic heterocycles. The molecule has 1 rings (SSSR count). The highest BCUT2D eigenvalue weighted by Crippen LogP contribution is 2.24. The Morgan fingerprint density at radius 1 is 1.26 bits per heavy atom. The van der Waals surface area contributed by atoms with Gasteiger partial charge >= 0.3 is 0 Å². The van der Waals surface area contributed by atoms with Gasteiger partial charge in [0.2, 0.25) is 22.1 Å². The van der Waals surface area contributed by atoms with Crippen LogP contribution in [-0.2, 0) is 9.59 Å². The van der Waals surface area contributed by atoms with Crippen LogP contribution in [0, 0.1) is 0 Å². The van der Waals surface area contributed by atoms with Gasteiger partial charge in [0, 0.05) is 19.6 Å². The number of hydrogen-bond acceptors (Lipinski definition) is 7. The Balaban J connectivity index is 2.62. The SMILES string of the molecule is CCNC(=O)[C@@H](C)Sc1nnc(SCC(=O)N(CC)CC)n1N. The number of nitrogen functional groups attached to an aromatic ring is 1. The van der Waals surface area contributed by atoms with E-state index in [9.17, 15) is 9.59 Å². The number of hydrogen-bond donors (Lipinski definition) is 2. The second kappa shape index (κ2) is 9.66. The smallest absolute Gasteiger partial charge is 0.233 e. The first-order chi connectivity index (χ1) is 10.9. The summed E-state index contributed by atoms with van der Waals surface area (Å²) in [5, 5.41) is 11.3. The summed E-state index contributed by atoms with van der Waals surface area (Å²) in [7, 11) is 0. The molecule has 3 N–H and O–H groups in total. The Bertz CT molecular complexity index is 533. The maximum atomic E-state index is 12.0. The molecule has 0 unspecified atom stereocenters. The van der Waals surface area contributed by atoms with Gasteiger partial charge in [0.1, 0.15) is 0 Å². The van der Waals surface area contributed by atoms with Crippen molar-refractivity contribution < 1.29 is 9.59 Å². The van der Waals surface area contributed by atoms with Crippen LogP contribution >= 0.6 is 23.5 Å². The normalized spacial score (nSPS) is 12.0. The maximum Gasteiger partial charge on any atom is 0.233 e. The molecule has 1 heterocycles. The van der Waals surface area contributed by atoms with Gasteiger partial charge in [-0.3, -0.25) is 9.59 Å². The second-order valence-electron chi connectivity index (χ2n) is 4.64. The molecule has 10 heteroatoms. The highest BCUT2D eigenvalue weighted by molar-refractivity contribution is 8.00. The molecule has 1 aromatic rings.